The molecule has 3 rings (SSSR count). The van der Waals surface area contributed by atoms with Crippen LogP contribution < -0.4 is 10.1 Å². The topological polar surface area (TPSA) is 64.6 Å². The van der Waals surface area contributed by atoms with Gasteiger partial charge in [-0.05, 0) is 37.1 Å². The zero-order chi connectivity index (χ0) is 19.4. The van der Waals surface area contributed by atoms with Crippen molar-refractivity contribution >= 4 is 23.5 Å². The van der Waals surface area contributed by atoms with Crippen LogP contribution in [0.25, 0.3) is 0 Å². The highest BCUT2D eigenvalue weighted by atomic mass is 35.5. The van der Waals surface area contributed by atoms with Crippen molar-refractivity contribution in [2.45, 2.75) is 44.9 Å². The van der Waals surface area contributed by atoms with Gasteiger partial charge in [-0.15, -0.1) is 0 Å². The molecule has 0 spiro atoms. The first kappa shape index (κ1) is 19.2. The maximum atomic E-state index is 12.8. The van der Waals surface area contributed by atoms with Gasteiger partial charge in [0.2, 0.25) is 0 Å². The summed E-state index contributed by atoms with van der Waals surface area (Å²) >= 11 is 6.29. The number of hydrogen-bond donors (Lipinski definition) is 1. The molecule has 1 heterocycles. The molecule has 1 amide bonds. The van der Waals surface area contributed by atoms with E-state index in [1.807, 2.05) is 30.3 Å². The zero-order valence-corrected chi connectivity index (χ0v) is 16.0. The monoisotopic (exact) mass is 387 g/mol. The molecule has 1 aliphatic heterocycles. The summed E-state index contributed by atoms with van der Waals surface area (Å²) in [5.41, 5.74) is 1.66. The standard InChI is InChI=1S/C21H22ClNO4/c1-13(2)26-20(24)12-17(15-8-4-5-9-16(15)22)23-21(25)19-11-14-7-3-6-10-18(14)27-19/h3-10,13,17,19H,11-12H2,1-2H3,(H,23,25)/t17-,19-/m0/s1. The van der Waals surface area contributed by atoms with Gasteiger partial charge in [-0.1, -0.05) is 48.0 Å². The maximum Gasteiger partial charge on any atom is 0.308 e. The summed E-state index contributed by atoms with van der Waals surface area (Å²) in [6.07, 6.45) is -0.373. The first-order valence-corrected chi connectivity index (χ1v) is 9.30. The Bertz CT molecular complexity index is 811. The van der Waals surface area contributed by atoms with E-state index in [-0.39, 0.29) is 18.4 Å². The number of halogens is 1. The molecular weight excluding hydrogens is 366 g/mol. The van der Waals surface area contributed by atoms with Gasteiger partial charge in [-0.25, -0.2) is 0 Å². The molecular formula is C21H22ClNO4. The minimum absolute atomic E-state index is 0.00663. The Kier molecular flexibility index (Phi) is 6.01. The lowest BCUT2D eigenvalue weighted by molar-refractivity contribution is -0.148. The van der Waals surface area contributed by atoms with Crippen LogP contribution in [0.4, 0.5) is 0 Å². The van der Waals surface area contributed by atoms with Crippen molar-refractivity contribution in [3.05, 3.63) is 64.7 Å². The number of fused-ring (bicyclic) bond motifs is 1. The van der Waals surface area contributed by atoms with Gasteiger partial charge < -0.3 is 14.8 Å². The molecule has 0 bridgehead atoms. The highest BCUT2D eigenvalue weighted by Crippen LogP contribution is 2.30. The predicted octanol–water partition coefficient (Wildman–Crippen LogP) is 3.84. The minimum Gasteiger partial charge on any atom is -0.480 e. The summed E-state index contributed by atoms with van der Waals surface area (Å²) in [6.45, 7) is 3.56. The lowest BCUT2D eigenvalue weighted by Crippen LogP contribution is -2.40. The van der Waals surface area contributed by atoms with Crippen LogP contribution in [0.1, 0.15) is 37.4 Å². The average molecular weight is 388 g/mol. The van der Waals surface area contributed by atoms with Crippen molar-refractivity contribution in [1.82, 2.24) is 5.32 Å². The summed E-state index contributed by atoms with van der Waals surface area (Å²) in [5, 5.41) is 3.39. The lowest BCUT2D eigenvalue weighted by atomic mass is 10.0. The summed E-state index contributed by atoms with van der Waals surface area (Å²) in [5.74, 6) is 0.0328. The highest BCUT2D eigenvalue weighted by Gasteiger charge is 2.31. The molecule has 2 aromatic rings. The van der Waals surface area contributed by atoms with Crippen LogP contribution in [0.5, 0.6) is 5.75 Å². The number of esters is 1. The SMILES string of the molecule is CC(C)OC(=O)C[C@H](NC(=O)[C@@H]1Cc2ccccc2O1)c1ccccc1Cl. The van der Waals surface area contributed by atoms with Crippen LogP contribution in [0.3, 0.4) is 0 Å². The number of hydrogen-bond acceptors (Lipinski definition) is 4. The molecule has 0 unspecified atom stereocenters. The number of amides is 1. The molecule has 0 aromatic heterocycles. The van der Waals surface area contributed by atoms with E-state index in [9.17, 15) is 9.59 Å². The Morgan fingerprint density at radius 1 is 1.19 bits per heavy atom. The Morgan fingerprint density at radius 3 is 2.59 bits per heavy atom. The van der Waals surface area contributed by atoms with Crippen LogP contribution in [0.15, 0.2) is 48.5 Å². The maximum absolute atomic E-state index is 12.8. The Balaban J connectivity index is 1.74. The predicted molar refractivity (Wildman–Crippen MR) is 103 cm³/mol. The average Bonchev–Trinajstić information content (AvgIpc) is 3.05. The van der Waals surface area contributed by atoms with Crippen molar-refractivity contribution < 1.29 is 19.1 Å². The number of rotatable bonds is 6. The largest absolute Gasteiger partial charge is 0.480 e. The third-order valence-electron chi connectivity index (χ3n) is 4.27. The van der Waals surface area contributed by atoms with E-state index in [0.29, 0.717) is 22.8 Å². The fourth-order valence-corrected chi connectivity index (χ4v) is 3.33. The number of nitrogens with one attached hydrogen (secondary N) is 1. The molecule has 142 valence electrons. The third kappa shape index (κ3) is 4.80. The van der Waals surface area contributed by atoms with Gasteiger partial charge >= 0.3 is 5.97 Å². The highest BCUT2D eigenvalue weighted by molar-refractivity contribution is 6.31. The molecule has 6 heteroatoms. The molecule has 2 aromatic carbocycles. The fourth-order valence-electron chi connectivity index (χ4n) is 3.07. The second-order valence-corrected chi connectivity index (χ2v) is 7.15. The van der Waals surface area contributed by atoms with E-state index in [1.165, 1.54) is 0 Å². The molecule has 0 saturated carbocycles. The van der Waals surface area contributed by atoms with Crippen molar-refractivity contribution in [1.29, 1.82) is 0 Å². The fraction of sp³-hybridized carbons (Fsp3) is 0.333. The number of carbonyl (C=O) groups is 2. The summed E-state index contributed by atoms with van der Waals surface area (Å²) in [6, 6.07) is 14.1. The zero-order valence-electron chi connectivity index (χ0n) is 15.3. The molecule has 0 fully saturated rings. The minimum atomic E-state index is -0.631. The van der Waals surface area contributed by atoms with E-state index in [4.69, 9.17) is 21.1 Å². The van der Waals surface area contributed by atoms with E-state index < -0.39 is 18.1 Å². The second-order valence-electron chi connectivity index (χ2n) is 6.74. The second kappa shape index (κ2) is 8.44. The van der Waals surface area contributed by atoms with Crippen LogP contribution in [0, 0.1) is 0 Å². The first-order valence-electron chi connectivity index (χ1n) is 8.93. The lowest BCUT2D eigenvalue weighted by Gasteiger charge is -2.22. The molecule has 0 aliphatic carbocycles. The van der Waals surface area contributed by atoms with E-state index >= 15 is 0 Å². The summed E-state index contributed by atoms with van der Waals surface area (Å²) in [4.78, 5) is 25.0. The van der Waals surface area contributed by atoms with Crippen molar-refractivity contribution in [3.8, 4) is 5.75 Å². The van der Waals surface area contributed by atoms with Gasteiger partial charge in [0.1, 0.15) is 5.75 Å². The van der Waals surface area contributed by atoms with Crippen LogP contribution >= 0.6 is 11.6 Å². The Hall–Kier alpha value is -2.53. The van der Waals surface area contributed by atoms with Gasteiger partial charge in [0, 0.05) is 11.4 Å². The first-order chi connectivity index (χ1) is 12.9. The molecule has 0 saturated heterocycles. The Morgan fingerprint density at radius 2 is 1.89 bits per heavy atom. The number of ether oxygens (including phenoxy) is 2. The van der Waals surface area contributed by atoms with E-state index in [0.717, 1.165) is 5.56 Å². The number of benzene rings is 2. The quantitative estimate of drug-likeness (QED) is 0.765. The van der Waals surface area contributed by atoms with E-state index in [2.05, 4.69) is 5.32 Å². The van der Waals surface area contributed by atoms with Gasteiger partial charge in [0.15, 0.2) is 6.10 Å². The molecule has 5 nitrogen and oxygen atoms in total. The van der Waals surface area contributed by atoms with Crippen LogP contribution in [-0.4, -0.2) is 24.1 Å². The molecule has 1 aliphatic rings. The molecule has 1 N–H and O–H groups in total. The smallest absolute Gasteiger partial charge is 0.308 e. The van der Waals surface area contributed by atoms with Gasteiger partial charge in [-0.2, -0.15) is 0 Å². The molecule has 27 heavy (non-hydrogen) atoms. The molecule has 0 radical (unpaired) electrons. The van der Waals surface area contributed by atoms with Gasteiger partial charge in [-0.3, -0.25) is 9.59 Å². The number of carbonyl (C=O) groups excluding carboxylic acids is 2. The normalized spacial score (nSPS) is 16.4. The van der Waals surface area contributed by atoms with Crippen molar-refractivity contribution in [2.75, 3.05) is 0 Å². The van der Waals surface area contributed by atoms with Crippen LogP contribution in [0.2, 0.25) is 5.02 Å². The Labute approximate surface area is 163 Å². The van der Waals surface area contributed by atoms with Crippen LogP contribution in [-0.2, 0) is 20.7 Å². The summed E-state index contributed by atoms with van der Waals surface area (Å²) in [7, 11) is 0. The van der Waals surface area contributed by atoms with Crippen molar-refractivity contribution in [2.24, 2.45) is 0 Å². The van der Waals surface area contributed by atoms with Crippen molar-refractivity contribution in [3.63, 3.8) is 0 Å². The molecule has 2 atom stereocenters. The van der Waals surface area contributed by atoms with Gasteiger partial charge in [0.05, 0.1) is 18.6 Å². The summed E-state index contributed by atoms with van der Waals surface area (Å²) < 4.78 is 11.0. The number of para-hydroxylation sites is 1. The van der Waals surface area contributed by atoms with E-state index in [1.54, 1.807) is 32.0 Å². The van der Waals surface area contributed by atoms with Gasteiger partial charge in [0.25, 0.3) is 5.91 Å². The third-order valence-corrected chi connectivity index (χ3v) is 4.62.